The van der Waals surface area contributed by atoms with Gasteiger partial charge in [-0.1, -0.05) is 47.5 Å². The summed E-state index contributed by atoms with van der Waals surface area (Å²) < 4.78 is 0. The summed E-state index contributed by atoms with van der Waals surface area (Å²) in [6.07, 6.45) is 0. The van der Waals surface area contributed by atoms with Crippen LogP contribution in [0.2, 0.25) is 5.02 Å². The number of halogens is 1. The second-order valence-corrected chi connectivity index (χ2v) is 9.11. The predicted molar refractivity (Wildman–Crippen MR) is 128 cm³/mol. The van der Waals surface area contributed by atoms with Gasteiger partial charge in [-0.05, 0) is 44.5 Å². The van der Waals surface area contributed by atoms with Crippen LogP contribution in [0.1, 0.15) is 27.1 Å². The zero-order valence-electron chi connectivity index (χ0n) is 17.5. The lowest BCUT2D eigenvalue weighted by Crippen LogP contribution is -2.38. The highest BCUT2D eigenvalue weighted by atomic mass is 35.5. The normalized spacial score (nSPS) is 13.5. The fraction of sp³-hybridized carbons (Fsp3) is 0.208. The summed E-state index contributed by atoms with van der Waals surface area (Å²) >= 11 is 7.95. The fourth-order valence-corrected chi connectivity index (χ4v) is 4.92. The molecule has 2 amide bonds. The van der Waals surface area contributed by atoms with Gasteiger partial charge in [0.2, 0.25) is 11.8 Å². The number of benzene rings is 2. The van der Waals surface area contributed by atoms with Crippen LogP contribution < -0.4 is 10.2 Å². The minimum absolute atomic E-state index is 0.0434. The number of thiophene rings is 1. The van der Waals surface area contributed by atoms with Gasteiger partial charge in [-0.3, -0.25) is 19.5 Å². The quantitative estimate of drug-likeness (QED) is 0.596. The Balaban J connectivity index is 1.69. The maximum absolute atomic E-state index is 13.0. The lowest BCUT2D eigenvalue weighted by molar-refractivity contribution is -0.120. The van der Waals surface area contributed by atoms with Crippen LogP contribution >= 0.6 is 22.9 Å². The first-order valence-electron chi connectivity index (χ1n) is 9.91. The molecule has 1 aliphatic rings. The Morgan fingerprint density at radius 2 is 1.84 bits per heavy atom. The third-order valence-corrected chi connectivity index (χ3v) is 6.85. The molecular formula is C24H22ClN3O2S. The number of nitrogens with one attached hydrogen (secondary N) is 1. The van der Waals surface area contributed by atoms with Crippen LogP contribution in [0.3, 0.4) is 0 Å². The summed E-state index contributed by atoms with van der Waals surface area (Å²) in [6, 6.07) is 15.0. The van der Waals surface area contributed by atoms with Gasteiger partial charge in [-0.2, -0.15) is 0 Å². The van der Waals surface area contributed by atoms with E-state index in [1.807, 2.05) is 69.3 Å². The third-order valence-electron chi connectivity index (χ3n) is 5.29. The molecule has 1 N–H and O–H groups in total. The Hall–Kier alpha value is -2.96. The van der Waals surface area contributed by atoms with Gasteiger partial charge in [0.05, 0.1) is 5.71 Å². The number of hydrogen-bond donors (Lipinski definition) is 1. The average molecular weight is 452 g/mol. The van der Waals surface area contributed by atoms with Crippen LogP contribution in [0.4, 0.5) is 10.7 Å². The topological polar surface area (TPSA) is 61.8 Å². The highest BCUT2D eigenvalue weighted by Crippen LogP contribution is 2.39. The lowest BCUT2D eigenvalue weighted by atomic mass is 10.00. The molecule has 0 fully saturated rings. The number of anilines is 2. The van der Waals surface area contributed by atoms with Crippen molar-refractivity contribution in [3.63, 3.8) is 0 Å². The van der Waals surface area contributed by atoms with Crippen molar-refractivity contribution in [2.45, 2.75) is 20.8 Å². The first-order chi connectivity index (χ1) is 14.8. The molecule has 1 aliphatic heterocycles. The summed E-state index contributed by atoms with van der Waals surface area (Å²) in [4.78, 5) is 33.0. The van der Waals surface area contributed by atoms with E-state index in [0.717, 1.165) is 32.1 Å². The number of nitrogens with zero attached hydrogens (tertiary/aromatic N) is 2. The van der Waals surface area contributed by atoms with Crippen molar-refractivity contribution >= 4 is 51.2 Å². The smallest absolute Gasteiger partial charge is 0.249 e. The molecule has 158 valence electrons. The van der Waals surface area contributed by atoms with E-state index in [2.05, 4.69) is 10.3 Å². The molecule has 5 nitrogen and oxygen atoms in total. The van der Waals surface area contributed by atoms with Crippen molar-refractivity contribution in [3.8, 4) is 0 Å². The number of aliphatic imine (C=N–C) groups is 1. The highest BCUT2D eigenvalue weighted by molar-refractivity contribution is 7.17. The summed E-state index contributed by atoms with van der Waals surface area (Å²) in [5, 5.41) is 4.18. The number of fused-ring (bicyclic) bond motifs is 1. The molecule has 2 aromatic carbocycles. The van der Waals surface area contributed by atoms with Crippen molar-refractivity contribution in [2.75, 3.05) is 23.3 Å². The van der Waals surface area contributed by atoms with Gasteiger partial charge in [-0.15, -0.1) is 11.3 Å². The molecule has 4 rings (SSSR count). The molecule has 0 atom stereocenters. The average Bonchev–Trinajstić information content (AvgIpc) is 2.96. The Bertz CT molecular complexity index is 1200. The van der Waals surface area contributed by atoms with E-state index in [-0.39, 0.29) is 24.9 Å². The summed E-state index contributed by atoms with van der Waals surface area (Å²) in [7, 11) is 0. The van der Waals surface area contributed by atoms with Crippen molar-refractivity contribution in [2.24, 2.45) is 4.99 Å². The standard InChI is InChI=1S/C24H22ClN3O2S/c1-14-8-10-17(11-9-14)27-20(29)13-28-21(30)12-26-23(18-6-4-5-7-19(18)25)22-15(2)16(3)31-24(22)28/h4-11H,12-13H2,1-3H3,(H,27,29). The predicted octanol–water partition coefficient (Wildman–Crippen LogP) is 5.15. The molecule has 1 aromatic heterocycles. The lowest BCUT2D eigenvalue weighted by Gasteiger charge is -2.20. The molecule has 3 aromatic rings. The van der Waals surface area contributed by atoms with Crippen LogP contribution in [-0.2, 0) is 9.59 Å². The van der Waals surface area contributed by atoms with Crippen molar-refractivity contribution < 1.29 is 9.59 Å². The number of aryl methyl sites for hydroxylation is 2. The minimum Gasteiger partial charge on any atom is -0.325 e. The zero-order chi connectivity index (χ0) is 22.1. The Morgan fingerprint density at radius 1 is 1.13 bits per heavy atom. The van der Waals surface area contributed by atoms with Crippen molar-refractivity contribution in [1.82, 2.24) is 0 Å². The largest absolute Gasteiger partial charge is 0.325 e. The number of carbonyl (C=O) groups excluding carboxylic acids is 2. The van der Waals surface area contributed by atoms with Gasteiger partial charge in [0.15, 0.2) is 0 Å². The van der Waals surface area contributed by atoms with Gasteiger partial charge in [0, 0.05) is 26.7 Å². The molecular weight excluding hydrogens is 430 g/mol. The van der Waals surface area contributed by atoms with Crippen LogP contribution in [0.25, 0.3) is 0 Å². The van der Waals surface area contributed by atoms with E-state index in [4.69, 9.17) is 11.6 Å². The molecule has 0 radical (unpaired) electrons. The second-order valence-electron chi connectivity index (χ2n) is 7.50. The monoisotopic (exact) mass is 451 g/mol. The van der Waals surface area contributed by atoms with Gasteiger partial charge in [0.1, 0.15) is 18.1 Å². The van der Waals surface area contributed by atoms with E-state index in [0.29, 0.717) is 16.4 Å². The number of rotatable bonds is 4. The van der Waals surface area contributed by atoms with E-state index in [1.165, 1.54) is 16.2 Å². The summed E-state index contributed by atoms with van der Waals surface area (Å²) in [5.41, 5.74) is 5.19. The van der Waals surface area contributed by atoms with Crippen LogP contribution in [0, 0.1) is 20.8 Å². The first-order valence-corrected chi connectivity index (χ1v) is 11.1. The number of amides is 2. The summed E-state index contributed by atoms with van der Waals surface area (Å²) in [6.45, 7) is 5.88. The van der Waals surface area contributed by atoms with Gasteiger partial charge < -0.3 is 5.32 Å². The molecule has 7 heteroatoms. The molecule has 0 saturated heterocycles. The van der Waals surface area contributed by atoms with E-state index in [9.17, 15) is 9.59 Å². The molecule has 0 saturated carbocycles. The molecule has 0 unspecified atom stereocenters. The van der Waals surface area contributed by atoms with Gasteiger partial charge in [0.25, 0.3) is 0 Å². The van der Waals surface area contributed by atoms with Crippen molar-refractivity contribution in [3.05, 3.63) is 80.7 Å². The van der Waals surface area contributed by atoms with Crippen LogP contribution in [-0.4, -0.2) is 30.6 Å². The zero-order valence-corrected chi connectivity index (χ0v) is 19.1. The van der Waals surface area contributed by atoms with E-state index in [1.54, 1.807) is 0 Å². The molecule has 0 spiro atoms. The van der Waals surface area contributed by atoms with Gasteiger partial charge >= 0.3 is 0 Å². The second kappa shape index (κ2) is 8.65. The highest BCUT2D eigenvalue weighted by Gasteiger charge is 2.31. The van der Waals surface area contributed by atoms with Crippen LogP contribution in [0.5, 0.6) is 0 Å². The maximum atomic E-state index is 13.0. The first kappa shape index (κ1) is 21.3. The molecule has 0 bridgehead atoms. The van der Waals surface area contributed by atoms with Crippen LogP contribution in [0.15, 0.2) is 53.5 Å². The van der Waals surface area contributed by atoms with Gasteiger partial charge in [-0.25, -0.2) is 0 Å². The maximum Gasteiger partial charge on any atom is 0.249 e. The Labute approximate surface area is 190 Å². The van der Waals surface area contributed by atoms with Crippen molar-refractivity contribution in [1.29, 1.82) is 0 Å². The Kier molecular flexibility index (Phi) is 5.94. The molecule has 0 aliphatic carbocycles. The molecule has 2 heterocycles. The SMILES string of the molecule is Cc1ccc(NC(=O)CN2C(=O)CN=C(c3ccccc3Cl)c3c2sc(C)c3C)cc1. The van der Waals surface area contributed by atoms with E-state index >= 15 is 0 Å². The summed E-state index contributed by atoms with van der Waals surface area (Å²) in [5.74, 6) is -0.475. The number of carbonyl (C=O) groups is 2. The fourth-order valence-electron chi connectivity index (χ4n) is 3.52. The number of hydrogen-bond acceptors (Lipinski definition) is 4. The molecule has 31 heavy (non-hydrogen) atoms. The Morgan fingerprint density at radius 3 is 2.55 bits per heavy atom. The third kappa shape index (κ3) is 4.27. The minimum atomic E-state index is -0.256. The van der Waals surface area contributed by atoms with E-state index < -0.39 is 0 Å².